The number of amides is 2. The summed E-state index contributed by atoms with van der Waals surface area (Å²) in [5.41, 5.74) is 1.44. The lowest BCUT2D eigenvalue weighted by molar-refractivity contribution is -0.144. The first-order valence-corrected chi connectivity index (χ1v) is 5.93. The summed E-state index contributed by atoms with van der Waals surface area (Å²) in [6.45, 7) is 2.62. The molecule has 16 heavy (non-hydrogen) atoms. The molecule has 4 nitrogen and oxygen atoms in total. The van der Waals surface area contributed by atoms with E-state index in [2.05, 4.69) is 11.4 Å². The van der Waals surface area contributed by atoms with Gasteiger partial charge in [-0.25, -0.2) is 0 Å². The van der Waals surface area contributed by atoms with Gasteiger partial charge in [0.25, 0.3) is 0 Å². The summed E-state index contributed by atoms with van der Waals surface area (Å²) >= 11 is 0. The topological polar surface area (TPSA) is 49.4 Å². The van der Waals surface area contributed by atoms with Crippen LogP contribution in [0.15, 0.2) is 11.6 Å². The first-order valence-electron chi connectivity index (χ1n) is 5.93. The lowest BCUT2D eigenvalue weighted by Gasteiger charge is -2.32. The van der Waals surface area contributed by atoms with E-state index in [-0.39, 0.29) is 24.4 Å². The normalized spacial score (nSPS) is 25.7. The molecule has 0 bridgehead atoms. The van der Waals surface area contributed by atoms with Gasteiger partial charge in [-0.15, -0.1) is 0 Å². The molecule has 0 spiro atoms. The van der Waals surface area contributed by atoms with Crippen LogP contribution in [-0.2, 0) is 9.59 Å². The number of allylic oxidation sites excluding steroid dienone is 1. The number of hydrogen-bond acceptors (Lipinski definition) is 2. The molecule has 2 rings (SSSR count). The van der Waals surface area contributed by atoms with Gasteiger partial charge in [-0.3, -0.25) is 9.59 Å². The highest BCUT2D eigenvalue weighted by Gasteiger charge is 2.30. The van der Waals surface area contributed by atoms with Gasteiger partial charge in [0.15, 0.2) is 0 Å². The Morgan fingerprint density at radius 2 is 2.31 bits per heavy atom. The molecule has 1 heterocycles. The second kappa shape index (κ2) is 4.68. The molecular formula is C12H18N2O2. The molecule has 2 aliphatic rings. The third-order valence-electron chi connectivity index (χ3n) is 3.39. The van der Waals surface area contributed by atoms with Gasteiger partial charge in [-0.2, -0.15) is 0 Å². The molecular weight excluding hydrogens is 204 g/mol. The summed E-state index contributed by atoms with van der Waals surface area (Å²) in [7, 11) is 0. The second-order valence-electron chi connectivity index (χ2n) is 4.49. The Labute approximate surface area is 95.7 Å². The molecule has 1 N–H and O–H groups in total. The van der Waals surface area contributed by atoms with Crippen LogP contribution >= 0.6 is 0 Å². The zero-order valence-electron chi connectivity index (χ0n) is 9.66. The van der Waals surface area contributed by atoms with Gasteiger partial charge in [0, 0.05) is 6.54 Å². The highest BCUT2D eigenvalue weighted by Crippen LogP contribution is 2.21. The molecule has 88 valence electrons. The van der Waals surface area contributed by atoms with Crippen molar-refractivity contribution in [2.24, 2.45) is 0 Å². The van der Waals surface area contributed by atoms with Crippen LogP contribution in [0, 0.1) is 0 Å². The lowest BCUT2D eigenvalue weighted by atomic mass is 10.1. The average molecular weight is 222 g/mol. The maximum Gasteiger partial charge on any atom is 0.242 e. The van der Waals surface area contributed by atoms with E-state index in [1.54, 1.807) is 11.8 Å². The number of nitrogens with zero attached hydrogens (tertiary/aromatic N) is 1. The zero-order chi connectivity index (χ0) is 11.5. The number of piperazine rings is 1. The van der Waals surface area contributed by atoms with Crippen LogP contribution in [0.4, 0.5) is 0 Å². The van der Waals surface area contributed by atoms with Gasteiger partial charge in [-0.05, 0) is 32.6 Å². The minimum atomic E-state index is -0.316. The molecule has 0 aromatic carbocycles. The summed E-state index contributed by atoms with van der Waals surface area (Å²) in [5, 5.41) is 2.59. The summed E-state index contributed by atoms with van der Waals surface area (Å²) in [5.74, 6) is -0.00861. The Bertz CT molecular complexity index is 336. The highest BCUT2D eigenvalue weighted by atomic mass is 16.2. The third kappa shape index (κ3) is 2.26. The summed E-state index contributed by atoms with van der Waals surface area (Å²) in [4.78, 5) is 24.8. The number of rotatable bonds is 3. The van der Waals surface area contributed by atoms with Crippen molar-refractivity contribution < 1.29 is 9.59 Å². The van der Waals surface area contributed by atoms with Crippen molar-refractivity contribution in [3.05, 3.63) is 11.6 Å². The highest BCUT2D eigenvalue weighted by molar-refractivity contribution is 5.94. The summed E-state index contributed by atoms with van der Waals surface area (Å²) in [6.07, 6.45) is 6.74. The van der Waals surface area contributed by atoms with Gasteiger partial charge in [0.1, 0.15) is 6.04 Å². The predicted octanol–water partition coefficient (Wildman–Crippen LogP) is 0.834. The van der Waals surface area contributed by atoms with Crippen LogP contribution in [-0.4, -0.2) is 35.8 Å². The van der Waals surface area contributed by atoms with Gasteiger partial charge < -0.3 is 10.2 Å². The number of nitrogens with one attached hydrogen (secondary N) is 1. The van der Waals surface area contributed by atoms with Gasteiger partial charge in [-0.1, -0.05) is 11.6 Å². The molecule has 0 radical (unpaired) electrons. The molecule has 1 aliphatic carbocycles. The van der Waals surface area contributed by atoms with Gasteiger partial charge in [0.2, 0.25) is 11.8 Å². The largest absolute Gasteiger partial charge is 0.345 e. The summed E-state index contributed by atoms with van der Waals surface area (Å²) in [6, 6.07) is -0.316. The molecule has 1 saturated heterocycles. The number of carbonyl (C=O) groups is 2. The van der Waals surface area contributed by atoms with Crippen LogP contribution in [0.5, 0.6) is 0 Å². The van der Waals surface area contributed by atoms with Crippen LogP contribution in [0.25, 0.3) is 0 Å². The average Bonchev–Trinajstić information content (AvgIpc) is 2.77. The minimum Gasteiger partial charge on any atom is -0.345 e. The van der Waals surface area contributed by atoms with E-state index in [9.17, 15) is 9.59 Å². The first kappa shape index (κ1) is 11.2. The molecule has 1 atom stereocenters. The Morgan fingerprint density at radius 1 is 1.50 bits per heavy atom. The van der Waals surface area contributed by atoms with Crippen molar-refractivity contribution >= 4 is 11.8 Å². The lowest BCUT2D eigenvalue weighted by Crippen LogP contribution is -2.57. The van der Waals surface area contributed by atoms with Gasteiger partial charge >= 0.3 is 0 Å². The zero-order valence-corrected chi connectivity index (χ0v) is 9.66. The van der Waals surface area contributed by atoms with Crippen molar-refractivity contribution in [1.29, 1.82) is 0 Å². The monoisotopic (exact) mass is 222 g/mol. The maximum absolute atomic E-state index is 11.6. The smallest absolute Gasteiger partial charge is 0.242 e. The molecule has 0 aromatic rings. The minimum absolute atomic E-state index is 0.0331. The van der Waals surface area contributed by atoms with Crippen LogP contribution in [0.3, 0.4) is 0 Å². The molecule has 1 fully saturated rings. The van der Waals surface area contributed by atoms with E-state index in [0.717, 1.165) is 12.8 Å². The fraction of sp³-hybridized carbons (Fsp3) is 0.667. The predicted molar refractivity (Wildman–Crippen MR) is 60.7 cm³/mol. The van der Waals surface area contributed by atoms with Crippen LogP contribution < -0.4 is 5.32 Å². The molecule has 1 aliphatic heterocycles. The molecule has 4 heteroatoms. The van der Waals surface area contributed by atoms with Crippen LogP contribution in [0.1, 0.15) is 32.6 Å². The third-order valence-corrected chi connectivity index (χ3v) is 3.39. The first-order chi connectivity index (χ1) is 7.68. The van der Waals surface area contributed by atoms with Crippen LogP contribution in [0.2, 0.25) is 0 Å². The van der Waals surface area contributed by atoms with E-state index < -0.39 is 0 Å². The number of hydrogen-bond donors (Lipinski definition) is 1. The molecule has 2 amide bonds. The van der Waals surface area contributed by atoms with E-state index in [4.69, 9.17) is 0 Å². The van der Waals surface area contributed by atoms with Crippen molar-refractivity contribution in [2.45, 2.75) is 38.6 Å². The Balaban J connectivity index is 1.91. The van der Waals surface area contributed by atoms with Crippen molar-refractivity contribution in [3.8, 4) is 0 Å². The quantitative estimate of drug-likeness (QED) is 0.719. The SMILES string of the molecule is CC1C(=O)NCC(=O)N1CCC1=CCCC1. The molecule has 0 saturated carbocycles. The van der Waals surface area contributed by atoms with Crippen molar-refractivity contribution in [3.63, 3.8) is 0 Å². The Hall–Kier alpha value is -1.32. The van der Waals surface area contributed by atoms with E-state index in [0.29, 0.717) is 6.54 Å². The number of carbonyl (C=O) groups excluding carboxylic acids is 2. The Kier molecular flexibility index (Phi) is 3.27. The van der Waals surface area contributed by atoms with Gasteiger partial charge in [0.05, 0.1) is 6.54 Å². The summed E-state index contributed by atoms with van der Waals surface area (Å²) < 4.78 is 0. The van der Waals surface area contributed by atoms with E-state index >= 15 is 0 Å². The van der Waals surface area contributed by atoms with Crippen molar-refractivity contribution in [2.75, 3.05) is 13.1 Å². The standard InChI is InChI=1S/C12H18N2O2/c1-9-12(16)13-8-11(15)14(9)7-6-10-4-2-3-5-10/h4,9H,2-3,5-8H2,1H3,(H,13,16). The van der Waals surface area contributed by atoms with E-state index in [1.807, 2.05) is 0 Å². The fourth-order valence-electron chi connectivity index (χ4n) is 2.32. The Morgan fingerprint density at radius 3 is 3.00 bits per heavy atom. The fourth-order valence-corrected chi connectivity index (χ4v) is 2.32. The maximum atomic E-state index is 11.6. The molecule has 1 unspecified atom stereocenters. The van der Waals surface area contributed by atoms with Crippen molar-refractivity contribution in [1.82, 2.24) is 10.2 Å². The molecule has 0 aromatic heterocycles. The second-order valence-corrected chi connectivity index (χ2v) is 4.49. The van der Waals surface area contributed by atoms with E-state index in [1.165, 1.54) is 18.4 Å².